The van der Waals surface area contributed by atoms with Crippen LogP contribution in [0.4, 0.5) is 4.39 Å². The summed E-state index contributed by atoms with van der Waals surface area (Å²) in [7, 11) is 3.09. The molecular formula is C20H24FN2O3+. The number of nitrogens with one attached hydrogen (secondary N) is 1. The number of piperazine rings is 1. The first-order valence-electron chi connectivity index (χ1n) is 8.71. The van der Waals surface area contributed by atoms with Gasteiger partial charge in [-0.05, 0) is 18.2 Å². The molecule has 0 aromatic heterocycles. The molecule has 6 heteroatoms. The van der Waals surface area contributed by atoms with Crippen LogP contribution in [0.1, 0.15) is 15.9 Å². The van der Waals surface area contributed by atoms with E-state index in [0.717, 1.165) is 13.1 Å². The van der Waals surface area contributed by atoms with Crippen molar-refractivity contribution in [2.45, 2.75) is 6.54 Å². The topological polar surface area (TPSA) is 43.2 Å². The Kier molecular flexibility index (Phi) is 5.73. The molecule has 1 saturated heterocycles. The summed E-state index contributed by atoms with van der Waals surface area (Å²) in [5.41, 5.74) is 1.17. The van der Waals surface area contributed by atoms with Gasteiger partial charge in [0.15, 0.2) is 0 Å². The fraction of sp³-hybridized carbons (Fsp3) is 0.350. The molecule has 1 fully saturated rings. The van der Waals surface area contributed by atoms with Gasteiger partial charge in [-0.15, -0.1) is 0 Å². The summed E-state index contributed by atoms with van der Waals surface area (Å²) in [5.74, 6) is 0.757. The monoisotopic (exact) mass is 359 g/mol. The molecule has 1 heterocycles. The Bertz CT molecular complexity index is 751. The van der Waals surface area contributed by atoms with Gasteiger partial charge in [-0.3, -0.25) is 4.79 Å². The van der Waals surface area contributed by atoms with Crippen molar-refractivity contribution >= 4 is 5.91 Å². The van der Waals surface area contributed by atoms with E-state index >= 15 is 0 Å². The molecule has 5 nitrogen and oxygen atoms in total. The predicted molar refractivity (Wildman–Crippen MR) is 96.3 cm³/mol. The van der Waals surface area contributed by atoms with E-state index in [1.807, 2.05) is 17.0 Å². The minimum atomic E-state index is -0.169. The van der Waals surface area contributed by atoms with Gasteiger partial charge in [-0.25, -0.2) is 4.39 Å². The van der Waals surface area contributed by atoms with Crippen molar-refractivity contribution < 1.29 is 23.6 Å². The number of benzene rings is 2. The first kappa shape index (κ1) is 18.2. The minimum absolute atomic E-state index is 0.0933. The van der Waals surface area contributed by atoms with E-state index in [1.165, 1.54) is 11.0 Å². The van der Waals surface area contributed by atoms with Crippen LogP contribution in [0.5, 0.6) is 11.5 Å². The van der Waals surface area contributed by atoms with Gasteiger partial charge in [0.1, 0.15) is 29.4 Å². The number of carbonyl (C=O) groups is 1. The molecular weight excluding hydrogens is 335 g/mol. The quantitative estimate of drug-likeness (QED) is 0.877. The second-order valence-corrected chi connectivity index (χ2v) is 6.35. The third-order valence-electron chi connectivity index (χ3n) is 4.80. The average Bonchev–Trinajstić information content (AvgIpc) is 2.69. The summed E-state index contributed by atoms with van der Waals surface area (Å²) >= 11 is 0. The molecule has 0 spiro atoms. The third kappa shape index (κ3) is 3.80. The number of rotatable bonds is 5. The van der Waals surface area contributed by atoms with Gasteiger partial charge in [0, 0.05) is 5.56 Å². The van der Waals surface area contributed by atoms with E-state index in [0.29, 0.717) is 42.3 Å². The number of carbonyl (C=O) groups excluding carboxylic acids is 1. The van der Waals surface area contributed by atoms with Crippen molar-refractivity contribution in [1.29, 1.82) is 0 Å². The Morgan fingerprint density at radius 3 is 2.23 bits per heavy atom. The zero-order valence-electron chi connectivity index (χ0n) is 15.1. The molecule has 0 saturated carbocycles. The summed E-state index contributed by atoms with van der Waals surface area (Å²) in [6.07, 6.45) is 0. The highest BCUT2D eigenvalue weighted by Crippen LogP contribution is 2.29. The molecule has 138 valence electrons. The van der Waals surface area contributed by atoms with E-state index in [2.05, 4.69) is 0 Å². The van der Waals surface area contributed by atoms with Crippen LogP contribution in [0, 0.1) is 5.82 Å². The first-order chi connectivity index (χ1) is 12.6. The van der Waals surface area contributed by atoms with Crippen molar-refractivity contribution in [3.05, 3.63) is 59.4 Å². The number of ether oxygens (including phenoxy) is 2. The normalized spacial score (nSPS) is 15.0. The summed E-state index contributed by atoms with van der Waals surface area (Å²) in [5, 5.41) is 0. The molecule has 3 rings (SSSR count). The lowest BCUT2D eigenvalue weighted by molar-refractivity contribution is -0.917. The first-order valence-corrected chi connectivity index (χ1v) is 8.71. The van der Waals surface area contributed by atoms with Gasteiger partial charge in [-0.1, -0.05) is 24.3 Å². The number of hydrogen-bond donors (Lipinski definition) is 1. The van der Waals surface area contributed by atoms with E-state index in [1.54, 1.807) is 38.5 Å². The molecule has 0 atom stereocenters. The number of halogens is 1. The maximum absolute atomic E-state index is 13.8. The van der Waals surface area contributed by atoms with Crippen LogP contribution in [0.25, 0.3) is 0 Å². The van der Waals surface area contributed by atoms with E-state index in [-0.39, 0.29) is 11.7 Å². The van der Waals surface area contributed by atoms with Crippen LogP contribution in [0.15, 0.2) is 42.5 Å². The molecule has 1 aliphatic rings. The molecule has 0 aliphatic carbocycles. The fourth-order valence-corrected chi connectivity index (χ4v) is 3.33. The van der Waals surface area contributed by atoms with E-state index in [4.69, 9.17) is 9.47 Å². The predicted octanol–water partition coefficient (Wildman–Crippen LogP) is 1.38. The standard InChI is InChI=1S/C20H23FN2O3/c1-25-17-8-5-9-18(26-2)19(17)20(24)23-12-10-22(11-13-23)14-15-6-3-4-7-16(15)21/h3-9H,10-14H2,1-2H3/p+1. The highest BCUT2D eigenvalue weighted by atomic mass is 19.1. The van der Waals surface area contributed by atoms with E-state index < -0.39 is 0 Å². The summed E-state index contributed by atoms with van der Waals surface area (Å²) in [6.45, 7) is 3.41. The zero-order valence-corrected chi connectivity index (χ0v) is 15.1. The maximum atomic E-state index is 13.8. The SMILES string of the molecule is COc1cccc(OC)c1C(=O)N1CC[NH+](Cc2ccccc2F)CC1. The average molecular weight is 359 g/mol. The van der Waals surface area contributed by atoms with Crippen molar-refractivity contribution in [3.8, 4) is 11.5 Å². The molecule has 2 aromatic rings. The number of amides is 1. The van der Waals surface area contributed by atoms with Crippen LogP contribution < -0.4 is 14.4 Å². The summed E-state index contributed by atoms with van der Waals surface area (Å²) in [4.78, 5) is 16.1. The number of nitrogens with zero attached hydrogens (tertiary/aromatic N) is 1. The molecule has 26 heavy (non-hydrogen) atoms. The largest absolute Gasteiger partial charge is 0.496 e. The van der Waals surface area contributed by atoms with Crippen molar-refractivity contribution in [1.82, 2.24) is 4.90 Å². The van der Waals surface area contributed by atoms with Crippen LogP contribution in [0.3, 0.4) is 0 Å². The van der Waals surface area contributed by atoms with Gasteiger partial charge < -0.3 is 19.3 Å². The van der Waals surface area contributed by atoms with Crippen LogP contribution in [-0.4, -0.2) is 51.2 Å². The van der Waals surface area contributed by atoms with Crippen LogP contribution >= 0.6 is 0 Å². The Balaban J connectivity index is 1.67. The lowest BCUT2D eigenvalue weighted by Gasteiger charge is -2.32. The minimum Gasteiger partial charge on any atom is -0.496 e. The molecule has 0 bridgehead atoms. The molecule has 2 aromatic carbocycles. The zero-order chi connectivity index (χ0) is 18.5. The fourth-order valence-electron chi connectivity index (χ4n) is 3.33. The Morgan fingerprint density at radius 2 is 1.65 bits per heavy atom. The molecule has 1 amide bonds. The molecule has 1 N–H and O–H groups in total. The van der Waals surface area contributed by atoms with Crippen molar-refractivity contribution in [3.63, 3.8) is 0 Å². The van der Waals surface area contributed by atoms with Gasteiger partial charge in [0.05, 0.1) is 40.4 Å². The highest BCUT2D eigenvalue weighted by Gasteiger charge is 2.28. The Morgan fingerprint density at radius 1 is 1.04 bits per heavy atom. The maximum Gasteiger partial charge on any atom is 0.261 e. The van der Waals surface area contributed by atoms with E-state index in [9.17, 15) is 9.18 Å². The summed E-state index contributed by atoms with van der Waals surface area (Å²) < 4.78 is 24.5. The Labute approximate surface area is 152 Å². The highest BCUT2D eigenvalue weighted by molar-refractivity contribution is 5.99. The third-order valence-corrected chi connectivity index (χ3v) is 4.80. The van der Waals surface area contributed by atoms with Crippen LogP contribution in [-0.2, 0) is 6.54 Å². The van der Waals surface area contributed by atoms with Crippen LogP contribution in [0.2, 0.25) is 0 Å². The van der Waals surface area contributed by atoms with Crippen molar-refractivity contribution in [2.75, 3.05) is 40.4 Å². The second kappa shape index (κ2) is 8.19. The Hall–Kier alpha value is -2.60. The number of hydrogen-bond acceptors (Lipinski definition) is 3. The molecule has 0 unspecified atom stereocenters. The molecule has 0 radical (unpaired) electrons. The molecule has 1 aliphatic heterocycles. The number of quaternary nitrogens is 1. The second-order valence-electron chi connectivity index (χ2n) is 6.35. The van der Waals surface area contributed by atoms with Gasteiger partial charge in [0.2, 0.25) is 0 Å². The van der Waals surface area contributed by atoms with Gasteiger partial charge >= 0.3 is 0 Å². The lowest BCUT2D eigenvalue weighted by atomic mass is 10.1. The number of methoxy groups -OCH3 is 2. The van der Waals surface area contributed by atoms with Gasteiger partial charge in [-0.2, -0.15) is 0 Å². The smallest absolute Gasteiger partial charge is 0.261 e. The lowest BCUT2D eigenvalue weighted by Crippen LogP contribution is -3.13. The summed E-state index contributed by atoms with van der Waals surface area (Å²) in [6, 6.07) is 12.2. The van der Waals surface area contributed by atoms with Gasteiger partial charge in [0.25, 0.3) is 5.91 Å². The van der Waals surface area contributed by atoms with Crippen molar-refractivity contribution in [2.24, 2.45) is 0 Å².